The number of piperazine rings is 1. The first-order chi connectivity index (χ1) is 20.0. The van der Waals surface area contributed by atoms with E-state index in [1.54, 1.807) is 22.6 Å². The van der Waals surface area contributed by atoms with E-state index in [-0.39, 0.29) is 39.6 Å². The third kappa shape index (κ3) is 5.65. The molecule has 1 N–H and O–H groups in total. The van der Waals surface area contributed by atoms with Crippen molar-refractivity contribution in [2.45, 2.75) is 43.4 Å². The lowest BCUT2D eigenvalue weighted by atomic mass is 10.0. The highest BCUT2D eigenvalue weighted by Gasteiger charge is 2.35. The van der Waals surface area contributed by atoms with Gasteiger partial charge in [-0.05, 0) is 32.1 Å². The van der Waals surface area contributed by atoms with Crippen molar-refractivity contribution >= 4 is 57.6 Å². The molecule has 224 valence electrons. The van der Waals surface area contributed by atoms with Crippen molar-refractivity contribution in [2.75, 3.05) is 44.0 Å². The van der Waals surface area contributed by atoms with Crippen LogP contribution in [0.1, 0.15) is 13.8 Å². The number of hydrogen-bond acceptors (Lipinski definition) is 7. The summed E-state index contributed by atoms with van der Waals surface area (Å²) in [6.07, 6.45) is 1.30. The highest BCUT2D eigenvalue weighted by Crippen LogP contribution is 2.46. The molecule has 0 radical (unpaired) electrons. The molecule has 0 saturated carbocycles. The fourth-order valence-corrected chi connectivity index (χ4v) is 7.70. The number of methoxy groups -OCH3 is 1. The summed E-state index contributed by atoms with van der Waals surface area (Å²) < 4.78 is 36.1. The van der Waals surface area contributed by atoms with Crippen molar-refractivity contribution in [2.24, 2.45) is 0 Å². The molecule has 3 aromatic rings. The van der Waals surface area contributed by atoms with Gasteiger partial charge in [0.05, 0.1) is 22.2 Å². The Hall–Kier alpha value is -2.70. The molecule has 13 heteroatoms. The molecular weight excluding hydrogens is 607 g/mol. The van der Waals surface area contributed by atoms with Crippen LogP contribution >= 0.6 is 35.0 Å². The molecule has 2 aliphatic rings. The minimum atomic E-state index is -0.878. The van der Waals surface area contributed by atoms with Crippen molar-refractivity contribution < 1.29 is 18.3 Å². The second kappa shape index (κ2) is 12.5. The van der Waals surface area contributed by atoms with Gasteiger partial charge in [-0.25, -0.2) is 13.6 Å². The number of halogens is 4. The predicted octanol–water partition coefficient (Wildman–Crippen LogP) is 4.97. The van der Waals surface area contributed by atoms with Crippen LogP contribution in [-0.4, -0.2) is 77.6 Å². The monoisotopic (exact) mass is 637 g/mol. The Morgan fingerprint density at radius 1 is 1.17 bits per heavy atom. The van der Waals surface area contributed by atoms with Crippen molar-refractivity contribution in [3.8, 4) is 11.1 Å². The van der Waals surface area contributed by atoms with Crippen molar-refractivity contribution in [1.82, 2.24) is 19.8 Å². The third-order valence-electron chi connectivity index (χ3n) is 7.65. The van der Waals surface area contributed by atoms with Gasteiger partial charge in [-0.3, -0.25) is 9.36 Å². The van der Waals surface area contributed by atoms with Crippen LogP contribution in [0.25, 0.3) is 22.0 Å². The topological polar surface area (TPSA) is 79.7 Å². The van der Waals surface area contributed by atoms with Gasteiger partial charge in [0.25, 0.3) is 0 Å². The quantitative estimate of drug-likeness (QED) is 0.223. The van der Waals surface area contributed by atoms with Crippen LogP contribution in [0, 0.1) is 11.6 Å². The minimum Gasteiger partial charge on any atom is -0.383 e. The van der Waals surface area contributed by atoms with Gasteiger partial charge in [-0.15, -0.1) is 11.8 Å². The van der Waals surface area contributed by atoms with Crippen LogP contribution in [0.3, 0.4) is 0 Å². The first-order valence-electron chi connectivity index (χ1n) is 13.5. The minimum absolute atomic E-state index is 0.0396. The molecule has 0 spiro atoms. The SMILES string of the molecule is C=CC(=O)N1[C@H](C)CN(c2nc(=O)n3c4c(c(-c5cc(Cl)c(F)cc5F)c(Cl)cc24)SCC(NCCOC)C3)C[C@@H]1C. The number of ether oxygens (including phenoxy) is 1. The highest BCUT2D eigenvalue weighted by atomic mass is 35.5. The van der Waals surface area contributed by atoms with E-state index in [0.29, 0.717) is 65.7 Å². The lowest BCUT2D eigenvalue weighted by molar-refractivity contribution is -0.130. The number of anilines is 1. The second-order valence-electron chi connectivity index (χ2n) is 10.5. The Labute approximate surface area is 256 Å². The lowest BCUT2D eigenvalue weighted by Gasteiger charge is -2.44. The van der Waals surface area contributed by atoms with Crippen molar-refractivity contribution in [3.05, 3.63) is 63.0 Å². The summed E-state index contributed by atoms with van der Waals surface area (Å²) in [6.45, 7) is 9.73. The Morgan fingerprint density at radius 3 is 2.55 bits per heavy atom. The largest absolute Gasteiger partial charge is 0.383 e. The van der Waals surface area contributed by atoms with E-state index >= 15 is 4.39 Å². The normalized spacial score (nSPS) is 20.6. The molecule has 1 saturated heterocycles. The van der Waals surface area contributed by atoms with E-state index in [0.717, 1.165) is 6.07 Å². The highest BCUT2D eigenvalue weighted by molar-refractivity contribution is 7.99. The molecule has 3 heterocycles. The standard InChI is InChI=1S/C29H31Cl2F2N5O3S/c1-5-24(39)38-15(2)11-36(12-16(38)3)28-19-9-21(31)25(18-8-20(30)23(33)10-22(18)32)27-26(19)37(29(40)35-28)13-17(14-42-27)34-6-7-41-4/h5,8-10,15-17,34H,1,6-7,11-14H2,2-4H3/t15-,16+,17?. The summed E-state index contributed by atoms with van der Waals surface area (Å²) in [7, 11) is 1.61. The zero-order chi connectivity index (χ0) is 30.3. The zero-order valence-electron chi connectivity index (χ0n) is 23.4. The van der Waals surface area contributed by atoms with E-state index < -0.39 is 17.3 Å². The number of hydrogen-bond donors (Lipinski definition) is 1. The number of aromatic nitrogens is 2. The van der Waals surface area contributed by atoms with Crippen LogP contribution in [-0.2, 0) is 16.1 Å². The molecular formula is C29H31Cl2F2N5O3S. The lowest BCUT2D eigenvalue weighted by Crippen LogP contribution is -2.58. The molecule has 1 aromatic heterocycles. The summed E-state index contributed by atoms with van der Waals surface area (Å²) in [4.78, 5) is 35.1. The van der Waals surface area contributed by atoms with Crippen molar-refractivity contribution in [1.29, 1.82) is 0 Å². The van der Waals surface area contributed by atoms with Gasteiger partial charge in [-0.2, -0.15) is 4.98 Å². The summed E-state index contributed by atoms with van der Waals surface area (Å²) in [5.41, 5.74) is 0.475. The molecule has 8 nitrogen and oxygen atoms in total. The van der Waals surface area contributed by atoms with Gasteiger partial charge in [0.2, 0.25) is 5.91 Å². The van der Waals surface area contributed by atoms with Gasteiger partial charge in [0.1, 0.15) is 17.5 Å². The van der Waals surface area contributed by atoms with Crippen molar-refractivity contribution in [3.63, 3.8) is 0 Å². The molecule has 42 heavy (non-hydrogen) atoms. The fraction of sp³-hybridized carbons (Fsp3) is 0.414. The smallest absolute Gasteiger partial charge is 0.350 e. The number of rotatable bonds is 7. The first kappa shape index (κ1) is 30.7. The van der Waals surface area contributed by atoms with Crippen LogP contribution in [0.4, 0.5) is 14.6 Å². The number of nitrogens with zero attached hydrogens (tertiary/aromatic N) is 4. The molecule has 2 aliphatic heterocycles. The molecule has 1 unspecified atom stereocenters. The average molecular weight is 639 g/mol. The third-order valence-corrected chi connectivity index (χ3v) is 9.49. The number of benzene rings is 2. The molecule has 2 aromatic carbocycles. The number of carbonyl (C=O) groups is 1. The number of amides is 1. The second-order valence-corrected chi connectivity index (χ2v) is 12.4. The summed E-state index contributed by atoms with van der Waals surface area (Å²) in [5.74, 6) is -0.879. The summed E-state index contributed by atoms with van der Waals surface area (Å²) in [6, 6.07) is 3.15. The Kier molecular flexibility index (Phi) is 9.15. The van der Waals surface area contributed by atoms with Crippen LogP contribution < -0.4 is 15.9 Å². The molecule has 5 rings (SSSR count). The van der Waals surface area contributed by atoms with Gasteiger partial charge in [0, 0.05) is 84.6 Å². The summed E-state index contributed by atoms with van der Waals surface area (Å²) >= 11 is 14.4. The molecule has 0 aliphatic carbocycles. The van der Waals surface area contributed by atoms with Gasteiger partial charge >= 0.3 is 5.69 Å². The van der Waals surface area contributed by atoms with Gasteiger partial charge in [0.15, 0.2) is 0 Å². The molecule has 3 atom stereocenters. The fourth-order valence-electron chi connectivity index (χ4n) is 5.86. The van der Waals surface area contributed by atoms with E-state index in [1.165, 1.54) is 23.9 Å². The molecule has 1 amide bonds. The average Bonchev–Trinajstić information content (AvgIpc) is 3.13. The number of carbonyl (C=O) groups excluding carboxylic acids is 1. The maximum atomic E-state index is 15.3. The number of thioether (sulfide) groups is 1. The van der Waals surface area contributed by atoms with Gasteiger partial charge < -0.3 is 19.9 Å². The van der Waals surface area contributed by atoms with Crippen LogP contribution in [0.2, 0.25) is 10.0 Å². The number of nitrogens with one attached hydrogen (secondary N) is 1. The van der Waals surface area contributed by atoms with E-state index in [9.17, 15) is 14.0 Å². The first-order valence-corrected chi connectivity index (χ1v) is 15.3. The Morgan fingerprint density at radius 2 is 1.88 bits per heavy atom. The van der Waals surface area contributed by atoms with E-state index in [1.807, 2.05) is 18.7 Å². The Bertz CT molecular complexity index is 1610. The van der Waals surface area contributed by atoms with E-state index in [2.05, 4.69) is 16.9 Å². The molecule has 1 fully saturated rings. The summed E-state index contributed by atoms with van der Waals surface area (Å²) in [5, 5.41) is 4.01. The predicted molar refractivity (Wildman–Crippen MR) is 164 cm³/mol. The van der Waals surface area contributed by atoms with E-state index in [4.69, 9.17) is 27.9 Å². The van der Waals surface area contributed by atoms with Crippen LogP contribution in [0.15, 0.2) is 40.5 Å². The zero-order valence-corrected chi connectivity index (χ0v) is 25.8. The Balaban J connectivity index is 1.72. The molecule has 0 bridgehead atoms. The maximum absolute atomic E-state index is 15.3. The van der Waals surface area contributed by atoms with Gasteiger partial charge in [-0.1, -0.05) is 29.8 Å². The maximum Gasteiger partial charge on any atom is 0.350 e. The van der Waals surface area contributed by atoms with Crippen LogP contribution in [0.5, 0.6) is 0 Å².